The molecule has 0 amide bonds. The summed E-state index contributed by atoms with van der Waals surface area (Å²) in [6, 6.07) is 24.3. The number of aromatic hydroxyl groups is 1. The van der Waals surface area contributed by atoms with Gasteiger partial charge < -0.3 is 9.84 Å². The third-order valence-electron chi connectivity index (χ3n) is 5.28. The maximum atomic E-state index is 10.2. The van der Waals surface area contributed by atoms with E-state index in [1.54, 1.807) is 30.5 Å². The summed E-state index contributed by atoms with van der Waals surface area (Å²) in [6.45, 7) is 0. The molecule has 6 rings (SSSR count). The minimum Gasteiger partial charge on any atom is -0.506 e. The molecule has 0 unspecified atom stereocenters. The molecule has 3 aromatic carbocycles. The molecule has 3 aromatic heterocycles. The van der Waals surface area contributed by atoms with Gasteiger partial charge in [0.25, 0.3) is 0 Å². The lowest BCUT2D eigenvalue weighted by molar-refractivity contribution is 0.460. The fourth-order valence-corrected chi connectivity index (χ4v) is 3.92. The smallest absolute Gasteiger partial charge is 0.219 e. The standard InChI is InChI=1S/C26H17N3O2/c30-23-9-5-6-17-11-14-25(28-26(17)23)31-18-12-13-20-19-7-1-2-8-21(19)29(22(20)16-18)24-10-3-4-15-27-24/h1-16,30H/i3D,6D. The highest BCUT2D eigenvalue weighted by atomic mass is 16.5. The van der Waals surface area contributed by atoms with Crippen molar-refractivity contribution in [3.05, 3.63) is 97.1 Å². The molecular weight excluding hydrogens is 386 g/mol. The Bertz CT molecular complexity index is 1690. The number of para-hydroxylation sites is 2. The second-order valence-corrected chi connectivity index (χ2v) is 7.16. The summed E-state index contributed by atoms with van der Waals surface area (Å²) in [4.78, 5) is 8.90. The van der Waals surface area contributed by atoms with E-state index in [0.29, 0.717) is 34.4 Å². The van der Waals surface area contributed by atoms with Crippen LogP contribution in [-0.2, 0) is 0 Å². The number of nitrogens with zero attached hydrogens (tertiary/aromatic N) is 3. The summed E-state index contributed by atoms with van der Waals surface area (Å²) in [6.07, 6.45) is 1.63. The van der Waals surface area contributed by atoms with Crippen LogP contribution >= 0.6 is 0 Å². The van der Waals surface area contributed by atoms with Gasteiger partial charge in [-0.1, -0.05) is 36.4 Å². The lowest BCUT2D eigenvalue weighted by atomic mass is 10.1. The first kappa shape index (κ1) is 15.5. The molecule has 5 heteroatoms. The number of pyridine rings is 2. The van der Waals surface area contributed by atoms with Crippen LogP contribution < -0.4 is 4.74 Å². The highest BCUT2D eigenvalue weighted by Gasteiger charge is 2.14. The Labute approximate surface area is 180 Å². The van der Waals surface area contributed by atoms with Gasteiger partial charge in [-0.3, -0.25) is 4.57 Å². The van der Waals surface area contributed by atoms with Gasteiger partial charge in [0.15, 0.2) is 0 Å². The summed E-state index contributed by atoms with van der Waals surface area (Å²) in [5.74, 6) is 1.55. The first-order valence-corrected chi connectivity index (χ1v) is 9.82. The van der Waals surface area contributed by atoms with Gasteiger partial charge in [-0.15, -0.1) is 0 Å². The molecule has 0 radical (unpaired) electrons. The monoisotopic (exact) mass is 405 g/mol. The van der Waals surface area contributed by atoms with E-state index in [4.69, 9.17) is 7.48 Å². The minimum atomic E-state index is 0.00313. The summed E-state index contributed by atoms with van der Waals surface area (Å²) < 4.78 is 24.1. The van der Waals surface area contributed by atoms with E-state index in [0.717, 1.165) is 21.8 Å². The number of fused-ring (bicyclic) bond motifs is 4. The van der Waals surface area contributed by atoms with Crippen molar-refractivity contribution in [1.29, 1.82) is 0 Å². The summed E-state index contributed by atoms with van der Waals surface area (Å²) in [5.41, 5.74) is 2.20. The molecule has 3 heterocycles. The molecule has 6 aromatic rings. The topological polar surface area (TPSA) is 60.2 Å². The van der Waals surface area contributed by atoms with Gasteiger partial charge in [0.2, 0.25) is 5.88 Å². The Morgan fingerprint density at radius 3 is 2.71 bits per heavy atom. The number of rotatable bonds is 3. The highest BCUT2D eigenvalue weighted by Crippen LogP contribution is 2.35. The van der Waals surface area contributed by atoms with Crippen LogP contribution in [0.2, 0.25) is 0 Å². The number of phenolic OH excluding ortho intramolecular Hbond substituents is 1. The van der Waals surface area contributed by atoms with E-state index in [2.05, 4.69) is 16.0 Å². The van der Waals surface area contributed by atoms with Crippen molar-refractivity contribution in [2.24, 2.45) is 0 Å². The SMILES string of the molecule is [2H]c1ccnc(-n2c3ccccc3c3ccc(Oc4ccc5c([2H])ccc(O)c5n4)cc32)c1. The predicted molar refractivity (Wildman–Crippen MR) is 122 cm³/mol. The number of ether oxygens (including phenoxy) is 1. The first-order chi connectivity index (χ1) is 16.1. The van der Waals surface area contributed by atoms with Crippen molar-refractivity contribution in [2.75, 3.05) is 0 Å². The van der Waals surface area contributed by atoms with Gasteiger partial charge >= 0.3 is 0 Å². The molecule has 5 nitrogen and oxygen atoms in total. The molecule has 0 aliphatic rings. The quantitative estimate of drug-likeness (QED) is 0.379. The molecule has 148 valence electrons. The Morgan fingerprint density at radius 2 is 1.77 bits per heavy atom. The molecule has 0 bridgehead atoms. The summed E-state index contributed by atoms with van der Waals surface area (Å²) in [5, 5.41) is 12.8. The molecule has 31 heavy (non-hydrogen) atoms. The molecule has 0 saturated heterocycles. The maximum Gasteiger partial charge on any atom is 0.219 e. The van der Waals surface area contributed by atoms with Gasteiger partial charge in [0.1, 0.15) is 22.8 Å². The number of aromatic nitrogens is 3. The Hall–Kier alpha value is -4.38. The molecule has 0 spiro atoms. The van der Waals surface area contributed by atoms with Crippen LogP contribution in [0.15, 0.2) is 97.1 Å². The summed E-state index contributed by atoms with van der Waals surface area (Å²) >= 11 is 0. The summed E-state index contributed by atoms with van der Waals surface area (Å²) in [7, 11) is 0. The van der Waals surface area contributed by atoms with Gasteiger partial charge in [0, 0.05) is 34.5 Å². The van der Waals surface area contributed by atoms with Crippen LogP contribution in [0.1, 0.15) is 2.74 Å². The minimum absolute atomic E-state index is 0.00313. The normalized spacial score (nSPS) is 12.3. The number of hydrogen-bond donors (Lipinski definition) is 1. The Morgan fingerprint density at radius 1 is 0.871 bits per heavy atom. The largest absolute Gasteiger partial charge is 0.506 e. The van der Waals surface area contributed by atoms with Crippen LogP contribution in [0.5, 0.6) is 17.4 Å². The zero-order valence-electron chi connectivity index (χ0n) is 18.3. The molecule has 0 aliphatic heterocycles. The van der Waals surface area contributed by atoms with Gasteiger partial charge in [-0.25, -0.2) is 9.97 Å². The molecule has 0 fully saturated rings. The zero-order chi connectivity index (χ0) is 22.5. The fraction of sp³-hybridized carbons (Fsp3) is 0. The van der Waals surface area contributed by atoms with Crippen LogP contribution in [-0.4, -0.2) is 19.6 Å². The number of benzene rings is 3. The van der Waals surface area contributed by atoms with Crippen LogP contribution in [0.3, 0.4) is 0 Å². The van der Waals surface area contributed by atoms with Gasteiger partial charge in [-0.2, -0.15) is 0 Å². The van der Waals surface area contributed by atoms with E-state index in [1.807, 2.05) is 41.0 Å². The Kier molecular flexibility index (Phi) is 3.41. The lowest BCUT2D eigenvalue weighted by Gasteiger charge is -2.09. The van der Waals surface area contributed by atoms with Crippen molar-refractivity contribution in [3.8, 4) is 23.2 Å². The molecule has 1 N–H and O–H groups in total. The molecule has 0 atom stereocenters. The van der Waals surface area contributed by atoms with E-state index >= 15 is 0 Å². The van der Waals surface area contributed by atoms with E-state index in [9.17, 15) is 5.11 Å². The lowest BCUT2D eigenvalue weighted by Crippen LogP contribution is -1.96. The second kappa shape index (κ2) is 6.85. The van der Waals surface area contributed by atoms with E-state index < -0.39 is 0 Å². The fourth-order valence-electron chi connectivity index (χ4n) is 3.92. The van der Waals surface area contributed by atoms with E-state index in [-0.39, 0.29) is 11.8 Å². The zero-order valence-corrected chi connectivity index (χ0v) is 16.3. The van der Waals surface area contributed by atoms with Crippen LogP contribution in [0, 0.1) is 0 Å². The molecule has 0 saturated carbocycles. The maximum absolute atomic E-state index is 10.2. The predicted octanol–water partition coefficient (Wildman–Crippen LogP) is 6.22. The Balaban J connectivity index is 1.51. The van der Waals surface area contributed by atoms with E-state index in [1.165, 1.54) is 12.1 Å². The average molecular weight is 405 g/mol. The van der Waals surface area contributed by atoms with Crippen molar-refractivity contribution in [2.45, 2.75) is 0 Å². The van der Waals surface area contributed by atoms with Gasteiger partial charge in [0.05, 0.1) is 13.8 Å². The third kappa shape index (κ3) is 2.87. The van der Waals surface area contributed by atoms with Crippen LogP contribution in [0.4, 0.5) is 0 Å². The first-order valence-electron chi connectivity index (χ1n) is 10.8. The van der Waals surface area contributed by atoms with Crippen molar-refractivity contribution >= 4 is 32.7 Å². The van der Waals surface area contributed by atoms with Crippen LogP contribution in [0.25, 0.3) is 38.5 Å². The molecule has 0 aliphatic carbocycles. The third-order valence-corrected chi connectivity index (χ3v) is 5.28. The molecular formula is C26H17N3O2. The second-order valence-electron chi connectivity index (χ2n) is 7.16. The van der Waals surface area contributed by atoms with Crippen molar-refractivity contribution < 1.29 is 12.6 Å². The average Bonchev–Trinajstić information content (AvgIpc) is 3.15. The van der Waals surface area contributed by atoms with Crippen molar-refractivity contribution in [1.82, 2.24) is 14.5 Å². The van der Waals surface area contributed by atoms with Gasteiger partial charge in [-0.05, 0) is 42.5 Å². The van der Waals surface area contributed by atoms with Crippen molar-refractivity contribution in [3.63, 3.8) is 0 Å². The number of phenols is 1. The number of hydrogen-bond acceptors (Lipinski definition) is 4. The highest BCUT2D eigenvalue weighted by molar-refractivity contribution is 6.09.